The van der Waals surface area contributed by atoms with Crippen molar-refractivity contribution in [3.05, 3.63) is 57.7 Å². The molecule has 1 aliphatic heterocycles. The van der Waals surface area contributed by atoms with Crippen LogP contribution in [0.15, 0.2) is 41.0 Å². The number of nitrogens with zero attached hydrogens (tertiary/aromatic N) is 2. The van der Waals surface area contributed by atoms with Crippen molar-refractivity contribution in [2.75, 3.05) is 6.61 Å². The average Bonchev–Trinajstić information content (AvgIpc) is 2.60. The maximum absolute atomic E-state index is 12.5. The third kappa shape index (κ3) is 3.34. The second-order valence-electron chi connectivity index (χ2n) is 5.49. The van der Waals surface area contributed by atoms with Crippen molar-refractivity contribution in [3.63, 3.8) is 0 Å². The van der Waals surface area contributed by atoms with Crippen LogP contribution in [0.2, 0.25) is 0 Å². The van der Waals surface area contributed by atoms with Gasteiger partial charge in [0.1, 0.15) is 17.4 Å². The summed E-state index contributed by atoms with van der Waals surface area (Å²) in [5.74, 6) is -0.937. The molecule has 0 radical (unpaired) electrons. The SMILES string of the molecule is CCOC(=O)C1=C(C)OC(N)=C(C#N)C1c1ccc(C#N)cc1CC. The van der Waals surface area contributed by atoms with Crippen LogP contribution in [-0.2, 0) is 20.7 Å². The van der Waals surface area contributed by atoms with Gasteiger partial charge in [-0.05, 0) is 43.5 Å². The zero-order valence-corrected chi connectivity index (χ0v) is 14.4. The highest BCUT2D eigenvalue weighted by Gasteiger charge is 2.37. The summed E-state index contributed by atoms with van der Waals surface area (Å²) in [6.07, 6.45) is 0.635. The van der Waals surface area contributed by atoms with E-state index < -0.39 is 11.9 Å². The van der Waals surface area contributed by atoms with E-state index in [2.05, 4.69) is 12.1 Å². The second kappa shape index (κ2) is 7.55. The predicted molar refractivity (Wildman–Crippen MR) is 90.5 cm³/mol. The number of aryl methyl sites for hydroxylation is 1. The van der Waals surface area contributed by atoms with Crippen molar-refractivity contribution in [1.29, 1.82) is 10.5 Å². The van der Waals surface area contributed by atoms with Crippen LogP contribution in [0.3, 0.4) is 0 Å². The molecule has 2 N–H and O–H groups in total. The van der Waals surface area contributed by atoms with Gasteiger partial charge in [0.2, 0.25) is 5.88 Å². The highest BCUT2D eigenvalue weighted by Crippen LogP contribution is 2.41. The molecule has 1 unspecified atom stereocenters. The Kier molecular flexibility index (Phi) is 5.46. The molecular weight excluding hydrogens is 318 g/mol. The summed E-state index contributed by atoms with van der Waals surface area (Å²) in [7, 11) is 0. The standard InChI is InChI=1S/C19H19N3O3/c1-4-13-8-12(9-20)6-7-14(13)17-15(10-21)18(22)25-11(3)16(17)19(23)24-5-2/h6-8,17H,4-5,22H2,1-3H3. The van der Waals surface area contributed by atoms with Crippen LogP contribution in [0.25, 0.3) is 0 Å². The van der Waals surface area contributed by atoms with Gasteiger partial charge in [-0.15, -0.1) is 0 Å². The number of carbonyl (C=O) groups is 1. The molecule has 1 aromatic rings. The third-order valence-electron chi connectivity index (χ3n) is 4.06. The molecule has 1 aliphatic rings. The van der Waals surface area contributed by atoms with Crippen LogP contribution in [0.1, 0.15) is 43.4 Å². The van der Waals surface area contributed by atoms with Crippen molar-refractivity contribution >= 4 is 5.97 Å². The lowest BCUT2D eigenvalue weighted by molar-refractivity contribution is -0.139. The van der Waals surface area contributed by atoms with Crippen LogP contribution in [0.4, 0.5) is 0 Å². The fraction of sp³-hybridized carbons (Fsp3) is 0.316. The zero-order chi connectivity index (χ0) is 18.6. The molecule has 128 valence electrons. The Balaban J connectivity index is 2.71. The summed E-state index contributed by atoms with van der Waals surface area (Å²) < 4.78 is 10.5. The van der Waals surface area contributed by atoms with E-state index in [0.717, 1.165) is 11.1 Å². The first-order valence-electron chi connectivity index (χ1n) is 7.96. The molecule has 0 fully saturated rings. The Morgan fingerprint density at radius 2 is 2.04 bits per heavy atom. The lowest BCUT2D eigenvalue weighted by Crippen LogP contribution is -2.26. The number of hydrogen-bond donors (Lipinski definition) is 1. The summed E-state index contributed by atoms with van der Waals surface area (Å²) in [4.78, 5) is 12.5. The molecule has 6 heteroatoms. The van der Waals surface area contributed by atoms with E-state index in [0.29, 0.717) is 17.7 Å². The Morgan fingerprint density at radius 1 is 1.32 bits per heavy atom. The molecular formula is C19H19N3O3. The molecule has 0 bridgehead atoms. The topological polar surface area (TPSA) is 109 Å². The lowest BCUT2D eigenvalue weighted by Gasteiger charge is -2.28. The van der Waals surface area contributed by atoms with Crippen LogP contribution < -0.4 is 5.73 Å². The number of nitriles is 2. The van der Waals surface area contributed by atoms with Gasteiger partial charge in [-0.25, -0.2) is 4.79 Å². The van der Waals surface area contributed by atoms with Crippen molar-refractivity contribution in [2.45, 2.75) is 33.1 Å². The molecule has 0 spiro atoms. The van der Waals surface area contributed by atoms with Gasteiger partial charge < -0.3 is 15.2 Å². The largest absolute Gasteiger partial charge is 0.463 e. The van der Waals surface area contributed by atoms with E-state index in [1.165, 1.54) is 0 Å². The average molecular weight is 337 g/mol. The molecule has 0 saturated carbocycles. The van der Waals surface area contributed by atoms with Crippen molar-refractivity contribution < 1.29 is 14.3 Å². The Bertz CT molecular complexity index is 854. The molecule has 1 heterocycles. The van der Waals surface area contributed by atoms with Gasteiger partial charge in [-0.3, -0.25) is 0 Å². The fourth-order valence-corrected chi connectivity index (χ4v) is 2.93. The zero-order valence-electron chi connectivity index (χ0n) is 14.4. The van der Waals surface area contributed by atoms with Gasteiger partial charge in [0, 0.05) is 0 Å². The Morgan fingerprint density at radius 3 is 2.60 bits per heavy atom. The van der Waals surface area contributed by atoms with E-state index in [9.17, 15) is 10.1 Å². The summed E-state index contributed by atoms with van der Waals surface area (Å²) >= 11 is 0. The number of hydrogen-bond acceptors (Lipinski definition) is 6. The highest BCUT2D eigenvalue weighted by atomic mass is 16.5. The smallest absolute Gasteiger partial charge is 0.338 e. The van der Waals surface area contributed by atoms with E-state index in [1.54, 1.807) is 32.0 Å². The van der Waals surface area contributed by atoms with Crippen LogP contribution >= 0.6 is 0 Å². The Labute approximate surface area is 146 Å². The second-order valence-corrected chi connectivity index (χ2v) is 5.49. The molecule has 1 aromatic carbocycles. The predicted octanol–water partition coefficient (Wildman–Crippen LogP) is 2.77. The molecule has 0 saturated heterocycles. The molecule has 6 nitrogen and oxygen atoms in total. The minimum absolute atomic E-state index is 0.0236. The number of allylic oxidation sites excluding steroid dienone is 2. The number of esters is 1. The molecule has 1 atom stereocenters. The maximum Gasteiger partial charge on any atom is 0.338 e. The highest BCUT2D eigenvalue weighted by molar-refractivity contribution is 5.92. The monoisotopic (exact) mass is 337 g/mol. The normalized spacial score (nSPS) is 16.8. The van der Waals surface area contributed by atoms with Crippen LogP contribution in [0.5, 0.6) is 0 Å². The first kappa shape index (κ1) is 18.1. The van der Waals surface area contributed by atoms with Gasteiger partial charge in [0.05, 0.1) is 29.7 Å². The third-order valence-corrected chi connectivity index (χ3v) is 4.06. The number of ether oxygens (including phenoxy) is 2. The molecule has 25 heavy (non-hydrogen) atoms. The lowest BCUT2D eigenvalue weighted by atomic mass is 9.80. The molecule has 2 rings (SSSR count). The summed E-state index contributed by atoms with van der Waals surface area (Å²) in [6, 6.07) is 9.32. The van der Waals surface area contributed by atoms with Gasteiger partial charge in [0.15, 0.2) is 0 Å². The van der Waals surface area contributed by atoms with Gasteiger partial charge in [0.25, 0.3) is 0 Å². The van der Waals surface area contributed by atoms with Crippen molar-refractivity contribution in [1.82, 2.24) is 0 Å². The van der Waals surface area contributed by atoms with Crippen molar-refractivity contribution in [3.8, 4) is 12.1 Å². The maximum atomic E-state index is 12.5. The van der Waals surface area contributed by atoms with Crippen LogP contribution in [-0.4, -0.2) is 12.6 Å². The molecule has 0 aromatic heterocycles. The number of benzene rings is 1. The summed E-state index contributed by atoms with van der Waals surface area (Å²) in [6.45, 7) is 5.48. The van der Waals surface area contributed by atoms with Gasteiger partial charge in [-0.1, -0.05) is 13.0 Å². The van der Waals surface area contributed by atoms with E-state index >= 15 is 0 Å². The quantitative estimate of drug-likeness (QED) is 0.846. The summed E-state index contributed by atoms with van der Waals surface area (Å²) in [5.41, 5.74) is 8.42. The Hall–Kier alpha value is -3.25. The van der Waals surface area contributed by atoms with Crippen LogP contribution in [0, 0.1) is 22.7 Å². The number of carbonyl (C=O) groups excluding carboxylic acids is 1. The van der Waals surface area contributed by atoms with Crippen molar-refractivity contribution in [2.24, 2.45) is 5.73 Å². The van der Waals surface area contributed by atoms with E-state index in [-0.39, 0.29) is 23.6 Å². The van der Waals surface area contributed by atoms with Gasteiger partial charge >= 0.3 is 5.97 Å². The van der Waals surface area contributed by atoms with E-state index in [1.807, 2.05) is 6.92 Å². The number of rotatable bonds is 4. The molecule has 0 amide bonds. The number of nitrogens with two attached hydrogens (primary N) is 1. The molecule has 0 aliphatic carbocycles. The summed E-state index contributed by atoms with van der Waals surface area (Å²) in [5, 5.41) is 18.7. The first-order chi connectivity index (χ1) is 12.0. The minimum Gasteiger partial charge on any atom is -0.463 e. The fourth-order valence-electron chi connectivity index (χ4n) is 2.93. The minimum atomic E-state index is -0.680. The van der Waals surface area contributed by atoms with E-state index in [4.69, 9.17) is 20.5 Å². The van der Waals surface area contributed by atoms with Gasteiger partial charge in [-0.2, -0.15) is 10.5 Å². The first-order valence-corrected chi connectivity index (χ1v) is 7.96.